The van der Waals surface area contributed by atoms with Crippen molar-refractivity contribution in [3.05, 3.63) is 28.8 Å². The second kappa shape index (κ2) is 6.69. The Kier molecular flexibility index (Phi) is 4.37. The van der Waals surface area contributed by atoms with Crippen molar-refractivity contribution in [1.82, 2.24) is 19.6 Å². The van der Waals surface area contributed by atoms with Crippen molar-refractivity contribution in [2.45, 2.75) is 39.7 Å². The fourth-order valence-corrected chi connectivity index (χ4v) is 4.23. The smallest absolute Gasteiger partial charge is 0.227 e. The Morgan fingerprint density at radius 2 is 2.19 bits per heavy atom. The van der Waals surface area contributed by atoms with Gasteiger partial charge in [0, 0.05) is 4.88 Å². The van der Waals surface area contributed by atoms with Gasteiger partial charge in [-0.3, -0.25) is 0 Å². The molecule has 8 heteroatoms. The molecule has 1 atom stereocenters. The van der Waals surface area contributed by atoms with Gasteiger partial charge in [0.2, 0.25) is 11.8 Å². The molecule has 0 radical (unpaired) electrons. The second-order valence-corrected chi connectivity index (χ2v) is 7.39. The summed E-state index contributed by atoms with van der Waals surface area (Å²) in [5.74, 6) is 1.73. The zero-order valence-corrected chi connectivity index (χ0v) is 15.8. The summed E-state index contributed by atoms with van der Waals surface area (Å²) in [7, 11) is 0. The molecule has 0 aliphatic rings. The molecule has 4 rings (SSSR count). The number of fused-ring (bicyclic) bond motifs is 3. The number of rotatable bonds is 6. The number of aryl methyl sites for hydroxylation is 2. The maximum absolute atomic E-state index is 9.57. The number of nitrogens with zero attached hydrogens (tertiary/aromatic N) is 4. The highest BCUT2D eigenvalue weighted by molar-refractivity contribution is 7.18. The van der Waals surface area contributed by atoms with Crippen molar-refractivity contribution in [2.24, 2.45) is 0 Å². The van der Waals surface area contributed by atoms with Crippen molar-refractivity contribution in [2.75, 3.05) is 11.9 Å². The number of hydrogen-bond donors (Lipinski definition) is 2. The van der Waals surface area contributed by atoms with Gasteiger partial charge in [-0.2, -0.15) is 4.52 Å². The summed E-state index contributed by atoms with van der Waals surface area (Å²) < 4.78 is 7.20. The molecule has 7 nitrogen and oxygen atoms in total. The summed E-state index contributed by atoms with van der Waals surface area (Å²) in [6, 6.07) is 3.57. The van der Waals surface area contributed by atoms with E-state index in [4.69, 9.17) is 14.4 Å². The van der Waals surface area contributed by atoms with Gasteiger partial charge in [-0.05, 0) is 37.5 Å². The summed E-state index contributed by atoms with van der Waals surface area (Å²) >= 11 is 1.66. The molecular formula is C18H21N5O2S. The number of aromatic nitrogens is 4. The number of hydrogen-bond acceptors (Lipinski definition) is 7. The third-order valence-electron chi connectivity index (χ3n) is 4.57. The Hall–Kier alpha value is -2.45. The van der Waals surface area contributed by atoms with Crippen molar-refractivity contribution in [3.8, 4) is 11.6 Å². The van der Waals surface area contributed by atoms with Crippen LogP contribution in [-0.4, -0.2) is 37.3 Å². The van der Waals surface area contributed by atoms with Crippen molar-refractivity contribution in [1.29, 1.82) is 0 Å². The molecule has 4 aromatic rings. The van der Waals surface area contributed by atoms with Gasteiger partial charge in [-0.1, -0.05) is 13.8 Å². The van der Waals surface area contributed by atoms with Crippen LogP contribution >= 0.6 is 11.3 Å². The molecular weight excluding hydrogens is 350 g/mol. The predicted octanol–water partition coefficient (Wildman–Crippen LogP) is 3.65. The summed E-state index contributed by atoms with van der Waals surface area (Å²) in [6.45, 7) is 6.30. The minimum absolute atomic E-state index is 0.0289. The van der Waals surface area contributed by atoms with Crippen molar-refractivity contribution in [3.63, 3.8) is 0 Å². The van der Waals surface area contributed by atoms with Crippen LogP contribution in [0.4, 0.5) is 5.95 Å². The van der Waals surface area contributed by atoms with Crippen LogP contribution in [0, 0.1) is 6.92 Å². The van der Waals surface area contributed by atoms with E-state index in [0.717, 1.165) is 28.7 Å². The van der Waals surface area contributed by atoms with E-state index in [-0.39, 0.29) is 12.6 Å². The van der Waals surface area contributed by atoms with Crippen LogP contribution in [0.25, 0.3) is 27.4 Å². The fourth-order valence-electron chi connectivity index (χ4n) is 3.13. The second-order valence-electron chi connectivity index (χ2n) is 6.19. The average molecular weight is 371 g/mol. The first-order valence-electron chi connectivity index (χ1n) is 8.76. The lowest BCUT2D eigenvalue weighted by Crippen LogP contribution is -2.25. The molecule has 0 amide bonds. The highest BCUT2D eigenvalue weighted by atomic mass is 32.1. The zero-order chi connectivity index (χ0) is 18.3. The molecule has 1 unspecified atom stereocenters. The predicted molar refractivity (Wildman–Crippen MR) is 103 cm³/mol. The molecule has 0 saturated heterocycles. The van der Waals surface area contributed by atoms with E-state index in [1.807, 2.05) is 19.1 Å². The van der Waals surface area contributed by atoms with Gasteiger partial charge in [0.15, 0.2) is 11.4 Å². The molecule has 2 N–H and O–H groups in total. The zero-order valence-electron chi connectivity index (χ0n) is 15.0. The molecule has 0 bridgehead atoms. The van der Waals surface area contributed by atoms with E-state index in [1.54, 1.807) is 22.1 Å². The van der Waals surface area contributed by atoms with E-state index in [9.17, 15) is 5.11 Å². The van der Waals surface area contributed by atoms with E-state index in [2.05, 4.69) is 24.3 Å². The van der Waals surface area contributed by atoms with Crippen LogP contribution in [0.5, 0.6) is 0 Å². The van der Waals surface area contributed by atoms with Crippen LogP contribution in [0.2, 0.25) is 0 Å². The van der Waals surface area contributed by atoms with Gasteiger partial charge in [-0.15, -0.1) is 16.4 Å². The van der Waals surface area contributed by atoms with Gasteiger partial charge in [0.25, 0.3) is 0 Å². The third-order valence-corrected chi connectivity index (χ3v) is 5.61. The van der Waals surface area contributed by atoms with Gasteiger partial charge < -0.3 is 14.8 Å². The lowest BCUT2D eigenvalue weighted by molar-refractivity contribution is 0.271. The monoisotopic (exact) mass is 371 g/mol. The standard InChI is InChI=1S/C18H21N5O2S/c1-4-11(9-24)19-18-21-17-14(12(5-2)10(3)26-17)16-20-15(22-23(16)18)13-7-6-8-25-13/h6-8,11,24H,4-5,9H2,1-3H3,(H,19,21). The molecule has 136 valence electrons. The average Bonchev–Trinajstić information content (AvgIpc) is 3.36. The summed E-state index contributed by atoms with van der Waals surface area (Å²) in [5.41, 5.74) is 2.01. The number of thiophene rings is 1. The van der Waals surface area contributed by atoms with Gasteiger partial charge in [0.05, 0.1) is 24.3 Å². The molecule has 0 spiro atoms. The molecule has 26 heavy (non-hydrogen) atoms. The number of nitrogens with one attached hydrogen (secondary N) is 1. The normalized spacial score (nSPS) is 12.9. The van der Waals surface area contributed by atoms with Crippen LogP contribution in [-0.2, 0) is 6.42 Å². The molecule has 0 aliphatic heterocycles. The maximum atomic E-state index is 9.57. The Bertz CT molecular complexity index is 1050. The van der Waals surface area contributed by atoms with Gasteiger partial charge >= 0.3 is 0 Å². The number of furan rings is 1. The highest BCUT2D eigenvalue weighted by Gasteiger charge is 2.21. The molecule has 0 fully saturated rings. The first-order chi connectivity index (χ1) is 12.7. The largest absolute Gasteiger partial charge is 0.461 e. The fraction of sp³-hybridized carbons (Fsp3) is 0.389. The Morgan fingerprint density at radius 1 is 1.35 bits per heavy atom. The van der Waals surface area contributed by atoms with Gasteiger partial charge in [0.1, 0.15) is 4.83 Å². The maximum Gasteiger partial charge on any atom is 0.227 e. The summed E-state index contributed by atoms with van der Waals surface area (Å²) in [6.07, 6.45) is 3.30. The molecule has 4 heterocycles. The van der Waals surface area contributed by atoms with Crippen LogP contribution < -0.4 is 5.32 Å². The highest BCUT2D eigenvalue weighted by Crippen LogP contribution is 2.34. The third kappa shape index (κ3) is 2.65. The van der Waals surface area contributed by atoms with Crippen molar-refractivity contribution < 1.29 is 9.52 Å². The topological polar surface area (TPSA) is 88.5 Å². The quantitative estimate of drug-likeness (QED) is 0.538. The summed E-state index contributed by atoms with van der Waals surface area (Å²) in [4.78, 5) is 11.7. The molecule has 4 aromatic heterocycles. The Labute approximate surface area is 154 Å². The number of anilines is 1. The Morgan fingerprint density at radius 3 is 2.85 bits per heavy atom. The minimum Gasteiger partial charge on any atom is -0.461 e. The van der Waals surface area contributed by atoms with E-state index >= 15 is 0 Å². The molecule has 0 aliphatic carbocycles. The summed E-state index contributed by atoms with van der Waals surface area (Å²) in [5, 5.41) is 18.5. The van der Waals surface area contributed by atoms with E-state index in [1.165, 1.54) is 10.4 Å². The molecule has 0 saturated carbocycles. The first kappa shape index (κ1) is 17.0. The van der Waals surface area contributed by atoms with Crippen LogP contribution in [0.1, 0.15) is 30.7 Å². The minimum atomic E-state index is -0.0916. The first-order valence-corrected chi connectivity index (χ1v) is 9.57. The number of aliphatic hydroxyl groups excluding tert-OH is 1. The van der Waals surface area contributed by atoms with Gasteiger partial charge in [-0.25, -0.2) is 9.97 Å². The lowest BCUT2D eigenvalue weighted by Gasteiger charge is -2.15. The van der Waals surface area contributed by atoms with Crippen LogP contribution in [0.15, 0.2) is 22.8 Å². The molecule has 0 aromatic carbocycles. The number of aliphatic hydroxyl groups is 1. The lowest BCUT2D eigenvalue weighted by atomic mass is 10.1. The SMILES string of the molecule is CCc1c(C)sc2nc(NC(CC)CO)n3nc(-c4ccco4)nc3c12. The van der Waals surface area contributed by atoms with Crippen molar-refractivity contribution >= 4 is 33.1 Å². The van der Waals surface area contributed by atoms with E-state index in [0.29, 0.717) is 17.5 Å². The Balaban J connectivity index is 2.00. The van der Waals surface area contributed by atoms with E-state index < -0.39 is 0 Å². The van der Waals surface area contributed by atoms with Crippen LogP contribution in [0.3, 0.4) is 0 Å².